The molecule has 1 heterocycles. The smallest absolute Gasteiger partial charge is 0.0594 e. The summed E-state index contributed by atoms with van der Waals surface area (Å²) in [5.74, 6) is 0. The van der Waals surface area contributed by atoms with Crippen molar-refractivity contribution in [1.29, 1.82) is 0 Å². The van der Waals surface area contributed by atoms with Crippen LogP contribution in [0.15, 0.2) is 0 Å². The topological polar surface area (TPSA) is 38.5 Å². The quantitative estimate of drug-likeness (QED) is 0.617. The normalized spacial score (nSPS) is 26.5. The van der Waals surface area contributed by atoms with Gasteiger partial charge in [0.25, 0.3) is 0 Å². The van der Waals surface area contributed by atoms with Crippen LogP contribution in [0.25, 0.3) is 0 Å². The number of nitrogens with zero attached hydrogens (tertiary/aromatic N) is 1. The zero-order valence-electron chi connectivity index (χ0n) is 7.42. The van der Waals surface area contributed by atoms with Crippen molar-refractivity contribution in [3.63, 3.8) is 0 Å². The first-order valence-corrected chi connectivity index (χ1v) is 4.29. The summed E-state index contributed by atoms with van der Waals surface area (Å²) in [6, 6.07) is 0.743. The molecule has 1 aliphatic heterocycles. The summed E-state index contributed by atoms with van der Waals surface area (Å²) in [5.41, 5.74) is 5.78. The summed E-state index contributed by atoms with van der Waals surface area (Å²) in [4.78, 5) is 2.38. The number of nitrogens with two attached hydrogens (primary N) is 1. The van der Waals surface area contributed by atoms with Gasteiger partial charge in [0, 0.05) is 25.2 Å². The Hall–Kier alpha value is -0.120. The van der Waals surface area contributed by atoms with E-state index in [4.69, 9.17) is 10.5 Å². The van der Waals surface area contributed by atoms with Crippen LogP contribution in [0.2, 0.25) is 0 Å². The summed E-state index contributed by atoms with van der Waals surface area (Å²) in [5, 5.41) is 0. The van der Waals surface area contributed by atoms with Gasteiger partial charge in [-0.1, -0.05) is 0 Å². The summed E-state index contributed by atoms with van der Waals surface area (Å²) < 4.78 is 5.25. The number of rotatable bonds is 2. The number of morpholine rings is 1. The maximum absolute atomic E-state index is 5.78. The predicted molar refractivity (Wildman–Crippen MR) is 45.5 cm³/mol. The molecule has 0 unspecified atom stereocenters. The first-order valence-electron chi connectivity index (χ1n) is 4.29. The van der Waals surface area contributed by atoms with Crippen LogP contribution in [0.3, 0.4) is 0 Å². The second-order valence-electron chi connectivity index (χ2n) is 3.25. The standard InChI is InChI=1S/C8H18N2O/c1-7(9)8(2)10-3-5-11-6-4-10/h7-8H,3-6,9H2,1-2H3/t7-,8-/m1/s1. The highest BCUT2D eigenvalue weighted by Gasteiger charge is 2.19. The van der Waals surface area contributed by atoms with Crippen LogP contribution in [0.4, 0.5) is 0 Å². The van der Waals surface area contributed by atoms with Crippen molar-refractivity contribution < 1.29 is 4.74 Å². The largest absolute Gasteiger partial charge is 0.379 e. The molecular weight excluding hydrogens is 140 g/mol. The van der Waals surface area contributed by atoms with Crippen molar-refractivity contribution in [1.82, 2.24) is 4.90 Å². The van der Waals surface area contributed by atoms with Gasteiger partial charge in [-0.15, -0.1) is 0 Å². The Morgan fingerprint density at radius 3 is 2.27 bits per heavy atom. The van der Waals surface area contributed by atoms with Gasteiger partial charge in [-0.3, -0.25) is 4.90 Å². The van der Waals surface area contributed by atoms with E-state index < -0.39 is 0 Å². The summed E-state index contributed by atoms with van der Waals surface area (Å²) in [6.45, 7) is 8.01. The number of hydrogen-bond donors (Lipinski definition) is 1. The molecule has 3 heteroatoms. The highest BCUT2D eigenvalue weighted by molar-refractivity contribution is 4.76. The lowest BCUT2D eigenvalue weighted by atomic mass is 10.1. The van der Waals surface area contributed by atoms with Crippen molar-refractivity contribution in [3.8, 4) is 0 Å². The van der Waals surface area contributed by atoms with E-state index in [2.05, 4.69) is 18.7 Å². The van der Waals surface area contributed by atoms with Crippen LogP contribution in [0.1, 0.15) is 13.8 Å². The van der Waals surface area contributed by atoms with E-state index >= 15 is 0 Å². The lowest BCUT2D eigenvalue weighted by Gasteiger charge is -2.34. The summed E-state index contributed by atoms with van der Waals surface area (Å²) in [6.07, 6.45) is 0. The van der Waals surface area contributed by atoms with Crippen molar-refractivity contribution in [2.45, 2.75) is 25.9 Å². The van der Waals surface area contributed by atoms with Crippen molar-refractivity contribution in [3.05, 3.63) is 0 Å². The molecule has 0 bridgehead atoms. The van der Waals surface area contributed by atoms with Crippen LogP contribution < -0.4 is 5.73 Å². The van der Waals surface area contributed by atoms with Crippen LogP contribution in [-0.4, -0.2) is 43.3 Å². The minimum absolute atomic E-state index is 0.257. The molecule has 2 N–H and O–H groups in total. The molecule has 3 nitrogen and oxygen atoms in total. The third-order valence-corrected chi connectivity index (χ3v) is 2.38. The zero-order valence-corrected chi connectivity index (χ0v) is 7.42. The number of ether oxygens (including phenoxy) is 1. The average Bonchev–Trinajstić information content (AvgIpc) is 2.05. The monoisotopic (exact) mass is 158 g/mol. The van der Waals surface area contributed by atoms with E-state index in [1.54, 1.807) is 0 Å². The second kappa shape index (κ2) is 4.04. The first kappa shape index (κ1) is 8.97. The molecular formula is C8H18N2O. The van der Waals surface area contributed by atoms with Gasteiger partial charge >= 0.3 is 0 Å². The summed E-state index contributed by atoms with van der Waals surface area (Å²) >= 11 is 0. The Morgan fingerprint density at radius 2 is 1.82 bits per heavy atom. The Labute approximate surface area is 68.5 Å². The van der Waals surface area contributed by atoms with Crippen LogP contribution in [0, 0.1) is 0 Å². The molecule has 0 aliphatic carbocycles. The molecule has 1 saturated heterocycles. The minimum Gasteiger partial charge on any atom is -0.379 e. The van der Waals surface area contributed by atoms with Gasteiger partial charge in [-0.05, 0) is 13.8 Å². The Kier molecular flexibility index (Phi) is 3.30. The molecule has 66 valence electrons. The van der Waals surface area contributed by atoms with E-state index in [1.807, 2.05) is 0 Å². The maximum atomic E-state index is 5.78. The minimum atomic E-state index is 0.257. The van der Waals surface area contributed by atoms with E-state index in [9.17, 15) is 0 Å². The average molecular weight is 158 g/mol. The lowest BCUT2D eigenvalue weighted by molar-refractivity contribution is 0.0163. The summed E-state index contributed by atoms with van der Waals surface area (Å²) in [7, 11) is 0. The molecule has 0 radical (unpaired) electrons. The highest BCUT2D eigenvalue weighted by atomic mass is 16.5. The molecule has 0 amide bonds. The third kappa shape index (κ3) is 2.43. The van der Waals surface area contributed by atoms with Gasteiger partial charge in [0.05, 0.1) is 13.2 Å². The lowest BCUT2D eigenvalue weighted by Crippen LogP contribution is -2.49. The van der Waals surface area contributed by atoms with E-state index in [0.717, 1.165) is 26.3 Å². The molecule has 1 fully saturated rings. The van der Waals surface area contributed by atoms with Gasteiger partial charge in [-0.25, -0.2) is 0 Å². The predicted octanol–water partition coefficient (Wildman–Crippen LogP) is 0.0543. The molecule has 1 rings (SSSR count). The van der Waals surface area contributed by atoms with E-state index in [-0.39, 0.29) is 6.04 Å². The van der Waals surface area contributed by atoms with Gasteiger partial charge in [0.15, 0.2) is 0 Å². The second-order valence-corrected chi connectivity index (χ2v) is 3.25. The fraction of sp³-hybridized carbons (Fsp3) is 1.00. The number of hydrogen-bond acceptors (Lipinski definition) is 3. The van der Waals surface area contributed by atoms with Crippen molar-refractivity contribution >= 4 is 0 Å². The van der Waals surface area contributed by atoms with Gasteiger partial charge < -0.3 is 10.5 Å². The van der Waals surface area contributed by atoms with Crippen LogP contribution >= 0.6 is 0 Å². The van der Waals surface area contributed by atoms with Crippen molar-refractivity contribution in [2.24, 2.45) is 5.73 Å². The van der Waals surface area contributed by atoms with E-state index in [0.29, 0.717) is 6.04 Å². The maximum Gasteiger partial charge on any atom is 0.0594 e. The molecule has 0 saturated carbocycles. The van der Waals surface area contributed by atoms with Crippen LogP contribution in [-0.2, 0) is 4.74 Å². The van der Waals surface area contributed by atoms with Gasteiger partial charge in [-0.2, -0.15) is 0 Å². The Balaban J connectivity index is 2.32. The molecule has 1 aliphatic rings. The Bertz CT molecular complexity index is 111. The van der Waals surface area contributed by atoms with E-state index in [1.165, 1.54) is 0 Å². The third-order valence-electron chi connectivity index (χ3n) is 2.38. The molecule has 11 heavy (non-hydrogen) atoms. The zero-order chi connectivity index (χ0) is 8.27. The molecule has 0 aromatic rings. The molecule has 0 aromatic carbocycles. The van der Waals surface area contributed by atoms with Gasteiger partial charge in [0.1, 0.15) is 0 Å². The molecule has 0 spiro atoms. The molecule has 0 aromatic heterocycles. The highest BCUT2D eigenvalue weighted by Crippen LogP contribution is 2.05. The SMILES string of the molecule is C[C@H]([C@@H](C)N)N1CCOCC1. The fourth-order valence-electron chi connectivity index (χ4n) is 1.32. The fourth-order valence-corrected chi connectivity index (χ4v) is 1.32. The van der Waals surface area contributed by atoms with Gasteiger partial charge in [0.2, 0.25) is 0 Å². The Morgan fingerprint density at radius 1 is 1.27 bits per heavy atom. The van der Waals surface area contributed by atoms with Crippen LogP contribution in [0.5, 0.6) is 0 Å². The molecule has 2 atom stereocenters. The first-order chi connectivity index (χ1) is 5.22. The van der Waals surface area contributed by atoms with Crippen molar-refractivity contribution in [2.75, 3.05) is 26.3 Å².